The number of hydrogen-bond donors (Lipinski definition) is 1. The topological polar surface area (TPSA) is 37.3 Å². The molecule has 0 spiro atoms. The van der Waals surface area contributed by atoms with Crippen LogP contribution in [0.4, 0.5) is 0 Å². The SMILES string of the molecule is C=CC(=C)Cc1ccc(C(=O)O)cc1. The highest BCUT2D eigenvalue weighted by atomic mass is 16.4. The molecule has 0 saturated heterocycles. The summed E-state index contributed by atoms with van der Waals surface area (Å²) in [5.41, 5.74) is 2.27. The van der Waals surface area contributed by atoms with E-state index in [-0.39, 0.29) is 0 Å². The predicted octanol–water partition coefficient (Wildman–Crippen LogP) is 2.67. The maximum absolute atomic E-state index is 10.6. The number of carbonyl (C=O) groups is 1. The van der Waals surface area contributed by atoms with Crippen molar-refractivity contribution in [2.75, 3.05) is 0 Å². The van der Waals surface area contributed by atoms with Crippen LogP contribution < -0.4 is 0 Å². The Hall–Kier alpha value is -1.83. The van der Waals surface area contributed by atoms with Crippen molar-refractivity contribution < 1.29 is 9.90 Å². The van der Waals surface area contributed by atoms with E-state index in [0.29, 0.717) is 12.0 Å². The molecule has 1 aromatic carbocycles. The van der Waals surface area contributed by atoms with Crippen molar-refractivity contribution in [1.29, 1.82) is 0 Å². The third-order valence-corrected chi connectivity index (χ3v) is 1.92. The quantitative estimate of drug-likeness (QED) is 0.737. The number of carboxylic acids is 1. The second-order valence-corrected chi connectivity index (χ2v) is 3.04. The molecule has 0 amide bonds. The van der Waals surface area contributed by atoms with Gasteiger partial charge in [-0.1, -0.05) is 36.9 Å². The highest BCUT2D eigenvalue weighted by molar-refractivity contribution is 5.87. The predicted molar refractivity (Wildman–Crippen MR) is 56.4 cm³/mol. The van der Waals surface area contributed by atoms with Crippen molar-refractivity contribution >= 4 is 5.97 Å². The molecule has 0 fully saturated rings. The van der Waals surface area contributed by atoms with Gasteiger partial charge in [-0.15, -0.1) is 0 Å². The van der Waals surface area contributed by atoms with Crippen molar-refractivity contribution in [3.05, 3.63) is 60.2 Å². The van der Waals surface area contributed by atoms with Crippen LogP contribution in [-0.4, -0.2) is 11.1 Å². The molecule has 1 aromatic rings. The van der Waals surface area contributed by atoms with Crippen LogP contribution in [0, 0.1) is 0 Å². The Labute approximate surface area is 83.2 Å². The average molecular weight is 188 g/mol. The molecule has 0 aliphatic carbocycles. The summed E-state index contributed by atoms with van der Waals surface area (Å²) in [7, 11) is 0. The van der Waals surface area contributed by atoms with E-state index < -0.39 is 5.97 Å². The van der Waals surface area contributed by atoms with E-state index >= 15 is 0 Å². The number of carboxylic acid groups (broad SMARTS) is 1. The van der Waals surface area contributed by atoms with Gasteiger partial charge in [-0.25, -0.2) is 4.79 Å². The van der Waals surface area contributed by atoms with Crippen molar-refractivity contribution in [3.63, 3.8) is 0 Å². The van der Waals surface area contributed by atoms with Gasteiger partial charge in [0.15, 0.2) is 0 Å². The van der Waals surface area contributed by atoms with Gasteiger partial charge in [-0.05, 0) is 24.1 Å². The maximum atomic E-state index is 10.6. The summed E-state index contributed by atoms with van der Waals surface area (Å²) in [4.78, 5) is 10.6. The van der Waals surface area contributed by atoms with Crippen molar-refractivity contribution in [2.45, 2.75) is 6.42 Å². The van der Waals surface area contributed by atoms with Crippen molar-refractivity contribution in [2.24, 2.45) is 0 Å². The second-order valence-electron chi connectivity index (χ2n) is 3.04. The summed E-state index contributed by atoms with van der Waals surface area (Å²) < 4.78 is 0. The van der Waals surface area contributed by atoms with Crippen molar-refractivity contribution in [3.8, 4) is 0 Å². The van der Waals surface area contributed by atoms with E-state index in [4.69, 9.17) is 5.11 Å². The molecule has 0 aromatic heterocycles. The van der Waals surface area contributed by atoms with E-state index in [1.807, 2.05) is 0 Å². The van der Waals surface area contributed by atoms with E-state index in [1.165, 1.54) is 0 Å². The normalized spacial score (nSPS) is 9.43. The average Bonchev–Trinajstić information content (AvgIpc) is 2.18. The lowest BCUT2D eigenvalue weighted by Crippen LogP contribution is -1.96. The standard InChI is InChI=1S/C12H12O2/c1-3-9(2)8-10-4-6-11(7-5-10)12(13)14/h3-7H,1-2,8H2,(H,13,14). The van der Waals surface area contributed by atoms with Crippen LogP contribution in [-0.2, 0) is 6.42 Å². The van der Waals surface area contributed by atoms with Crippen LogP contribution in [0.3, 0.4) is 0 Å². The third-order valence-electron chi connectivity index (χ3n) is 1.92. The second kappa shape index (κ2) is 4.42. The summed E-state index contributed by atoms with van der Waals surface area (Å²) in [6.45, 7) is 7.40. The Kier molecular flexibility index (Phi) is 3.24. The van der Waals surface area contributed by atoms with Crippen LogP contribution >= 0.6 is 0 Å². The molecule has 0 heterocycles. The van der Waals surface area contributed by atoms with Crippen LogP contribution in [0.5, 0.6) is 0 Å². The van der Waals surface area contributed by atoms with Gasteiger partial charge < -0.3 is 5.11 Å². The molecular weight excluding hydrogens is 176 g/mol. The zero-order valence-electron chi connectivity index (χ0n) is 7.86. The summed E-state index contributed by atoms with van der Waals surface area (Å²) in [6.07, 6.45) is 2.41. The number of allylic oxidation sites excluding steroid dienone is 2. The van der Waals surface area contributed by atoms with E-state index in [0.717, 1.165) is 11.1 Å². The zero-order valence-corrected chi connectivity index (χ0v) is 7.86. The van der Waals surface area contributed by atoms with Gasteiger partial charge in [0.25, 0.3) is 0 Å². The third kappa shape index (κ3) is 2.59. The molecule has 72 valence electrons. The van der Waals surface area contributed by atoms with Crippen molar-refractivity contribution in [1.82, 2.24) is 0 Å². The summed E-state index contributed by atoms with van der Waals surface area (Å²) in [6, 6.07) is 6.76. The maximum Gasteiger partial charge on any atom is 0.335 e. The number of benzene rings is 1. The molecule has 0 unspecified atom stereocenters. The molecule has 0 atom stereocenters. The molecule has 2 heteroatoms. The molecular formula is C12H12O2. The number of hydrogen-bond acceptors (Lipinski definition) is 1. The Morgan fingerprint density at radius 1 is 1.36 bits per heavy atom. The lowest BCUT2D eigenvalue weighted by molar-refractivity contribution is 0.0697. The fourth-order valence-electron chi connectivity index (χ4n) is 1.10. The summed E-state index contributed by atoms with van der Waals surface area (Å²) in [5, 5.41) is 8.67. The molecule has 1 N–H and O–H groups in total. The van der Waals surface area contributed by atoms with Gasteiger partial charge in [0.05, 0.1) is 5.56 Å². The lowest BCUT2D eigenvalue weighted by atomic mass is 10.0. The lowest BCUT2D eigenvalue weighted by Gasteiger charge is -2.01. The monoisotopic (exact) mass is 188 g/mol. The van der Waals surface area contributed by atoms with Gasteiger partial charge >= 0.3 is 5.97 Å². The first-order chi connectivity index (χ1) is 6.63. The number of rotatable bonds is 4. The molecule has 0 aliphatic rings. The first-order valence-corrected chi connectivity index (χ1v) is 4.26. The fraction of sp³-hybridized carbons (Fsp3) is 0.0833. The minimum absolute atomic E-state index is 0.304. The highest BCUT2D eigenvalue weighted by Crippen LogP contribution is 2.09. The molecule has 0 aliphatic heterocycles. The number of aromatic carboxylic acids is 1. The molecule has 2 nitrogen and oxygen atoms in total. The highest BCUT2D eigenvalue weighted by Gasteiger charge is 2.01. The zero-order chi connectivity index (χ0) is 10.6. The summed E-state index contributed by atoms with van der Waals surface area (Å²) in [5.74, 6) is -0.904. The van der Waals surface area contributed by atoms with Crippen LogP contribution in [0.25, 0.3) is 0 Å². The Morgan fingerprint density at radius 2 is 1.93 bits per heavy atom. The smallest absolute Gasteiger partial charge is 0.335 e. The van der Waals surface area contributed by atoms with Gasteiger partial charge in [0.2, 0.25) is 0 Å². The van der Waals surface area contributed by atoms with Gasteiger partial charge in [0, 0.05) is 0 Å². The van der Waals surface area contributed by atoms with Gasteiger partial charge in [-0.3, -0.25) is 0 Å². The minimum Gasteiger partial charge on any atom is -0.478 e. The minimum atomic E-state index is -0.904. The first-order valence-electron chi connectivity index (χ1n) is 4.26. The molecule has 1 rings (SSSR count). The molecule has 0 saturated carbocycles. The van der Waals surface area contributed by atoms with Crippen LogP contribution in [0.2, 0.25) is 0 Å². The van der Waals surface area contributed by atoms with Crippen LogP contribution in [0.1, 0.15) is 15.9 Å². The van der Waals surface area contributed by atoms with Gasteiger partial charge in [0.1, 0.15) is 0 Å². The Morgan fingerprint density at radius 3 is 2.36 bits per heavy atom. The van der Waals surface area contributed by atoms with Gasteiger partial charge in [-0.2, -0.15) is 0 Å². The fourth-order valence-corrected chi connectivity index (χ4v) is 1.10. The van der Waals surface area contributed by atoms with E-state index in [2.05, 4.69) is 13.2 Å². The molecule has 0 radical (unpaired) electrons. The Balaban J connectivity index is 2.78. The Bertz CT molecular complexity index is 360. The molecule has 0 bridgehead atoms. The van der Waals surface area contributed by atoms with E-state index in [9.17, 15) is 4.79 Å². The van der Waals surface area contributed by atoms with Crippen LogP contribution in [0.15, 0.2) is 49.1 Å². The summed E-state index contributed by atoms with van der Waals surface area (Å²) >= 11 is 0. The van der Waals surface area contributed by atoms with E-state index in [1.54, 1.807) is 30.3 Å². The molecule has 14 heavy (non-hydrogen) atoms. The first kappa shape index (κ1) is 10.3. The largest absolute Gasteiger partial charge is 0.478 e.